The molecular formula is C16H26N2O. The van der Waals surface area contributed by atoms with Crippen molar-refractivity contribution in [2.24, 2.45) is 5.92 Å². The van der Waals surface area contributed by atoms with Crippen molar-refractivity contribution in [3.05, 3.63) is 35.9 Å². The van der Waals surface area contributed by atoms with Crippen LogP contribution in [0.5, 0.6) is 0 Å². The van der Waals surface area contributed by atoms with Crippen molar-refractivity contribution >= 4 is 0 Å². The molecule has 1 aromatic rings. The highest BCUT2D eigenvalue weighted by atomic mass is 16.3. The van der Waals surface area contributed by atoms with Gasteiger partial charge in [-0.2, -0.15) is 0 Å². The lowest BCUT2D eigenvalue weighted by molar-refractivity contribution is 0.0601. The Hall–Kier alpha value is -0.900. The molecule has 1 heterocycles. The Labute approximate surface area is 116 Å². The van der Waals surface area contributed by atoms with E-state index in [1.54, 1.807) is 0 Å². The third kappa shape index (κ3) is 4.03. The van der Waals surface area contributed by atoms with E-state index in [1.807, 2.05) is 7.05 Å². The van der Waals surface area contributed by atoms with Crippen LogP contribution in [0.15, 0.2) is 30.3 Å². The molecule has 1 saturated heterocycles. The summed E-state index contributed by atoms with van der Waals surface area (Å²) in [6.45, 7) is 5.27. The van der Waals surface area contributed by atoms with Gasteiger partial charge in [-0.15, -0.1) is 0 Å². The normalized spacial score (nSPS) is 24.1. The minimum Gasteiger partial charge on any atom is -0.392 e. The fourth-order valence-corrected chi connectivity index (χ4v) is 3.15. The van der Waals surface area contributed by atoms with E-state index < -0.39 is 0 Å². The first-order valence-corrected chi connectivity index (χ1v) is 7.33. The zero-order valence-corrected chi connectivity index (χ0v) is 12.0. The van der Waals surface area contributed by atoms with Gasteiger partial charge in [0.05, 0.1) is 6.10 Å². The highest BCUT2D eigenvalue weighted by Crippen LogP contribution is 2.23. The Morgan fingerprint density at radius 1 is 1.37 bits per heavy atom. The van der Waals surface area contributed by atoms with E-state index in [-0.39, 0.29) is 6.10 Å². The molecule has 3 nitrogen and oxygen atoms in total. The van der Waals surface area contributed by atoms with Crippen molar-refractivity contribution in [1.29, 1.82) is 0 Å². The third-order valence-corrected chi connectivity index (χ3v) is 4.07. The molecule has 0 bridgehead atoms. The molecule has 19 heavy (non-hydrogen) atoms. The second kappa shape index (κ2) is 7.04. The Morgan fingerprint density at radius 3 is 2.74 bits per heavy atom. The quantitative estimate of drug-likeness (QED) is 0.852. The van der Waals surface area contributed by atoms with Gasteiger partial charge in [0, 0.05) is 19.1 Å². The smallest absolute Gasteiger partial charge is 0.0667 e. The Morgan fingerprint density at radius 2 is 2.11 bits per heavy atom. The summed E-state index contributed by atoms with van der Waals surface area (Å²) >= 11 is 0. The summed E-state index contributed by atoms with van der Waals surface area (Å²) in [6, 6.07) is 11.0. The van der Waals surface area contributed by atoms with Crippen molar-refractivity contribution in [1.82, 2.24) is 10.2 Å². The molecule has 1 fully saturated rings. The third-order valence-electron chi connectivity index (χ3n) is 4.07. The van der Waals surface area contributed by atoms with E-state index in [4.69, 9.17) is 0 Å². The number of piperidine rings is 1. The van der Waals surface area contributed by atoms with Crippen LogP contribution in [0.4, 0.5) is 0 Å². The van der Waals surface area contributed by atoms with E-state index in [9.17, 15) is 5.11 Å². The standard InChI is InChI=1S/C16H26N2O/c1-13(11-18-10-6-9-15(19)12-18)16(17-2)14-7-4-3-5-8-14/h3-5,7-8,13,15-17,19H,6,9-12H2,1-2H3/t13-,15+,16?/m0/s1. The van der Waals surface area contributed by atoms with Gasteiger partial charge in [-0.25, -0.2) is 0 Å². The number of nitrogens with zero attached hydrogens (tertiary/aromatic N) is 1. The predicted octanol–water partition coefficient (Wildman–Crippen LogP) is 2.04. The number of rotatable bonds is 5. The van der Waals surface area contributed by atoms with Gasteiger partial charge in [0.15, 0.2) is 0 Å². The first kappa shape index (κ1) is 14.5. The molecule has 1 aliphatic rings. The number of hydrogen-bond acceptors (Lipinski definition) is 3. The number of hydrogen-bond donors (Lipinski definition) is 2. The van der Waals surface area contributed by atoms with Gasteiger partial charge in [0.2, 0.25) is 0 Å². The van der Waals surface area contributed by atoms with E-state index in [2.05, 4.69) is 47.5 Å². The van der Waals surface area contributed by atoms with Gasteiger partial charge in [-0.05, 0) is 37.9 Å². The number of β-amino-alcohol motifs (C(OH)–C–C–N with tert-alkyl or cyclic N) is 1. The molecule has 1 aliphatic heterocycles. The minimum absolute atomic E-state index is 0.134. The lowest BCUT2D eigenvalue weighted by atomic mass is 9.93. The number of likely N-dealkylation sites (tertiary alicyclic amines) is 1. The van der Waals surface area contributed by atoms with Gasteiger partial charge in [-0.3, -0.25) is 0 Å². The number of benzene rings is 1. The summed E-state index contributed by atoms with van der Waals surface area (Å²) < 4.78 is 0. The Bertz CT molecular complexity index is 368. The average molecular weight is 262 g/mol. The molecule has 2 rings (SSSR count). The first-order chi connectivity index (χ1) is 9.20. The SMILES string of the molecule is CNC(c1ccccc1)[C@@H](C)CN1CCC[C@@H](O)C1. The van der Waals surface area contributed by atoms with Crippen LogP contribution < -0.4 is 5.32 Å². The van der Waals surface area contributed by atoms with Crippen molar-refractivity contribution < 1.29 is 5.11 Å². The number of aliphatic hydroxyl groups is 1. The molecule has 3 heteroatoms. The zero-order chi connectivity index (χ0) is 13.7. The zero-order valence-electron chi connectivity index (χ0n) is 12.0. The van der Waals surface area contributed by atoms with Gasteiger partial charge in [0.25, 0.3) is 0 Å². The second-order valence-corrected chi connectivity index (χ2v) is 5.71. The molecular weight excluding hydrogens is 236 g/mol. The summed E-state index contributed by atoms with van der Waals surface area (Å²) in [7, 11) is 2.03. The molecule has 0 amide bonds. The molecule has 106 valence electrons. The predicted molar refractivity (Wildman–Crippen MR) is 79.1 cm³/mol. The van der Waals surface area contributed by atoms with Crippen LogP contribution in [0, 0.1) is 5.92 Å². The van der Waals surface area contributed by atoms with Crippen LogP contribution in [-0.2, 0) is 0 Å². The molecule has 0 aliphatic carbocycles. The van der Waals surface area contributed by atoms with Gasteiger partial charge < -0.3 is 15.3 Å². The minimum atomic E-state index is -0.134. The highest BCUT2D eigenvalue weighted by Gasteiger charge is 2.23. The maximum Gasteiger partial charge on any atom is 0.0667 e. The van der Waals surface area contributed by atoms with E-state index in [1.165, 1.54) is 5.56 Å². The van der Waals surface area contributed by atoms with Crippen LogP contribution in [0.2, 0.25) is 0 Å². The second-order valence-electron chi connectivity index (χ2n) is 5.71. The van der Waals surface area contributed by atoms with E-state index in [0.717, 1.165) is 32.5 Å². The maximum absolute atomic E-state index is 9.75. The topological polar surface area (TPSA) is 35.5 Å². The Kier molecular flexibility index (Phi) is 5.37. The highest BCUT2D eigenvalue weighted by molar-refractivity contribution is 5.19. The summed E-state index contributed by atoms with van der Waals surface area (Å²) in [5.41, 5.74) is 1.34. The molecule has 0 radical (unpaired) electrons. The van der Waals surface area contributed by atoms with Crippen molar-refractivity contribution in [2.45, 2.75) is 31.9 Å². The molecule has 0 spiro atoms. The summed E-state index contributed by atoms with van der Waals surface area (Å²) in [6.07, 6.45) is 1.94. The van der Waals surface area contributed by atoms with Gasteiger partial charge >= 0.3 is 0 Å². The molecule has 1 unspecified atom stereocenters. The first-order valence-electron chi connectivity index (χ1n) is 7.33. The van der Waals surface area contributed by atoms with Crippen LogP contribution in [-0.4, -0.2) is 42.8 Å². The molecule has 2 N–H and O–H groups in total. The monoisotopic (exact) mass is 262 g/mol. The van der Waals surface area contributed by atoms with Crippen LogP contribution in [0.3, 0.4) is 0 Å². The van der Waals surface area contributed by atoms with Crippen molar-refractivity contribution in [3.63, 3.8) is 0 Å². The fourth-order valence-electron chi connectivity index (χ4n) is 3.15. The van der Waals surface area contributed by atoms with E-state index in [0.29, 0.717) is 12.0 Å². The number of nitrogens with one attached hydrogen (secondary N) is 1. The van der Waals surface area contributed by atoms with Crippen molar-refractivity contribution in [3.8, 4) is 0 Å². The van der Waals surface area contributed by atoms with Crippen molar-refractivity contribution in [2.75, 3.05) is 26.7 Å². The van der Waals surface area contributed by atoms with Crippen LogP contribution >= 0.6 is 0 Å². The number of aliphatic hydroxyl groups excluding tert-OH is 1. The Balaban J connectivity index is 1.95. The largest absolute Gasteiger partial charge is 0.392 e. The average Bonchev–Trinajstić information content (AvgIpc) is 2.41. The van der Waals surface area contributed by atoms with Gasteiger partial charge in [-0.1, -0.05) is 37.3 Å². The molecule has 1 aromatic carbocycles. The van der Waals surface area contributed by atoms with Crippen LogP contribution in [0.25, 0.3) is 0 Å². The summed E-state index contributed by atoms with van der Waals surface area (Å²) in [4.78, 5) is 2.39. The molecule has 0 aromatic heterocycles. The molecule has 3 atom stereocenters. The van der Waals surface area contributed by atoms with Crippen LogP contribution in [0.1, 0.15) is 31.4 Å². The summed E-state index contributed by atoms with van der Waals surface area (Å²) in [5, 5.41) is 13.2. The maximum atomic E-state index is 9.75. The molecule has 0 saturated carbocycles. The lowest BCUT2D eigenvalue weighted by Crippen LogP contribution is -2.42. The lowest BCUT2D eigenvalue weighted by Gasteiger charge is -2.34. The van der Waals surface area contributed by atoms with E-state index >= 15 is 0 Å². The summed E-state index contributed by atoms with van der Waals surface area (Å²) in [5.74, 6) is 0.526. The fraction of sp³-hybridized carbons (Fsp3) is 0.625. The van der Waals surface area contributed by atoms with Gasteiger partial charge in [0.1, 0.15) is 0 Å².